The summed E-state index contributed by atoms with van der Waals surface area (Å²) in [6.45, 7) is 7.76. The van der Waals surface area contributed by atoms with E-state index >= 15 is 0 Å². The highest BCUT2D eigenvalue weighted by molar-refractivity contribution is 5.66. The van der Waals surface area contributed by atoms with E-state index in [1.165, 1.54) is 37.0 Å². The quantitative estimate of drug-likeness (QED) is 0.435. The summed E-state index contributed by atoms with van der Waals surface area (Å²) in [5, 5.41) is 0. The first-order valence-corrected chi connectivity index (χ1v) is 8.51. The van der Waals surface area contributed by atoms with Crippen LogP contribution >= 0.6 is 0 Å². The predicted octanol–water partition coefficient (Wildman–Crippen LogP) is 6.08. The Labute approximate surface area is 151 Å². The molecule has 0 unspecified atom stereocenters. The van der Waals surface area contributed by atoms with E-state index in [-0.39, 0.29) is 17.6 Å². The molecule has 0 amide bonds. The Kier molecular flexibility index (Phi) is 6.18. The van der Waals surface area contributed by atoms with Gasteiger partial charge in [0, 0.05) is 11.0 Å². The Morgan fingerprint density at radius 2 is 2.04 bits per heavy atom. The number of carbonyl (C=O) groups is 1. The molecule has 2 heteroatoms. The van der Waals surface area contributed by atoms with Crippen LogP contribution in [0.25, 0.3) is 0 Å². The Balaban J connectivity index is 2.87. The van der Waals surface area contributed by atoms with E-state index < -0.39 is 12.8 Å². The van der Waals surface area contributed by atoms with Crippen molar-refractivity contribution < 1.29 is 13.6 Å². The molecular weight excluding hydrogens is 296 g/mol. The minimum absolute atomic E-state index is 0.0431. The fourth-order valence-corrected chi connectivity index (χ4v) is 2.90. The Hall–Kier alpha value is -1.83. The highest BCUT2D eigenvalue weighted by Crippen LogP contribution is 2.40. The van der Waals surface area contributed by atoms with Gasteiger partial charge in [-0.1, -0.05) is 60.9 Å². The maximum atomic E-state index is 10.8. The zero-order valence-corrected chi connectivity index (χ0v) is 15.6. The molecular formula is C22H32O2. The maximum Gasteiger partial charge on any atom is 0.302 e. The third-order valence-corrected chi connectivity index (χ3v) is 4.28. The molecule has 1 rings (SSSR count). The van der Waals surface area contributed by atoms with Gasteiger partial charge in [0.05, 0.1) is 0 Å². The summed E-state index contributed by atoms with van der Waals surface area (Å²) in [6.07, 6.45) is 14.4. The van der Waals surface area contributed by atoms with Gasteiger partial charge >= 0.3 is 5.97 Å². The molecule has 0 radical (unpaired) electrons. The van der Waals surface area contributed by atoms with E-state index in [4.69, 9.17) is 8.85 Å². The van der Waals surface area contributed by atoms with Gasteiger partial charge in [0.2, 0.25) is 0 Å². The second kappa shape index (κ2) is 9.46. The van der Waals surface area contributed by atoms with Gasteiger partial charge in [-0.05, 0) is 57.0 Å². The number of esters is 1. The highest BCUT2D eigenvalue weighted by Gasteiger charge is 2.26. The number of hydrogen-bond donors (Lipinski definition) is 0. The zero-order valence-electron chi connectivity index (χ0n) is 18.6. The molecule has 0 spiro atoms. The summed E-state index contributed by atoms with van der Waals surface area (Å²) < 4.78 is 27.5. The van der Waals surface area contributed by atoms with Crippen molar-refractivity contribution in [1.29, 1.82) is 0 Å². The highest BCUT2D eigenvalue weighted by atomic mass is 16.5. The van der Waals surface area contributed by atoms with Gasteiger partial charge in [-0.3, -0.25) is 4.79 Å². The first-order chi connectivity index (χ1) is 12.4. The number of carbonyl (C=O) groups excluding carboxylic acids is 1. The van der Waals surface area contributed by atoms with Gasteiger partial charge in [0.25, 0.3) is 0 Å². The monoisotopic (exact) mass is 331 g/mol. The SMILES string of the molecule is [2H]C([2H])([2H])C(/C=C/C=C(C)/C=C/C1=C(C)CCCC1(C)C)=C\COC(C)=O. The lowest BCUT2D eigenvalue weighted by Crippen LogP contribution is -2.19. The fraction of sp³-hybridized carbons (Fsp3) is 0.500. The van der Waals surface area contributed by atoms with Gasteiger partial charge in [-0.25, -0.2) is 0 Å². The molecule has 0 aromatic carbocycles. The normalized spacial score (nSPS) is 21.8. The Morgan fingerprint density at radius 3 is 2.67 bits per heavy atom. The minimum atomic E-state index is -2.25. The van der Waals surface area contributed by atoms with Gasteiger partial charge in [0.1, 0.15) is 6.61 Å². The van der Waals surface area contributed by atoms with Crippen molar-refractivity contribution in [3.05, 3.63) is 58.7 Å². The smallest absolute Gasteiger partial charge is 0.302 e. The average molecular weight is 332 g/mol. The van der Waals surface area contributed by atoms with Crippen molar-refractivity contribution >= 4 is 5.97 Å². The van der Waals surface area contributed by atoms with E-state index in [2.05, 4.69) is 32.9 Å². The molecule has 0 atom stereocenters. The maximum absolute atomic E-state index is 10.8. The molecule has 0 aliphatic heterocycles. The van der Waals surface area contributed by atoms with Crippen LogP contribution < -0.4 is 0 Å². The topological polar surface area (TPSA) is 26.3 Å². The third kappa shape index (κ3) is 7.16. The predicted molar refractivity (Wildman–Crippen MR) is 103 cm³/mol. The van der Waals surface area contributed by atoms with Gasteiger partial charge in [0.15, 0.2) is 0 Å². The zero-order chi connectivity index (χ0) is 20.7. The van der Waals surface area contributed by atoms with Crippen LogP contribution in [0.1, 0.15) is 64.8 Å². The van der Waals surface area contributed by atoms with E-state index in [9.17, 15) is 4.79 Å². The summed E-state index contributed by atoms with van der Waals surface area (Å²) in [6, 6.07) is 0. The van der Waals surface area contributed by atoms with Crippen molar-refractivity contribution in [2.45, 2.75) is 60.7 Å². The average Bonchev–Trinajstić information content (AvgIpc) is 2.51. The van der Waals surface area contributed by atoms with Crippen LogP contribution in [-0.2, 0) is 9.53 Å². The summed E-state index contributed by atoms with van der Waals surface area (Å²) in [7, 11) is 0. The van der Waals surface area contributed by atoms with Crippen LogP contribution in [0, 0.1) is 5.41 Å². The molecule has 0 heterocycles. The van der Waals surface area contributed by atoms with Crippen LogP contribution in [0.4, 0.5) is 0 Å². The standard InChI is InChI=1S/C22H32O2/c1-17(9-7-10-18(2)14-16-24-20(4)23)12-13-21-19(3)11-8-15-22(21,5)6/h7,9-10,12-14H,8,11,15-16H2,1-6H3/b10-7+,13-12+,17-9+,18-14+/i2D3. The number of allylic oxidation sites excluding steroid dienone is 9. The van der Waals surface area contributed by atoms with Gasteiger partial charge in [-0.15, -0.1) is 0 Å². The van der Waals surface area contributed by atoms with Crippen molar-refractivity contribution in [3.8, 4) is 0 Å². The lowest BCUT2D eigenvalue weighted by molar-refractivity contribution is -0.139. The summed E-state index contributed by atoms with van der Waals surface area (Å²) >= 11 is 0. The molecule has 2 nitrogen and oxygen atoms in total. The molecule has 0 saturated heterocycles. The molecule has 1 aliphatic carbocycles. The lowest BCUT2D eigenvalue weighted by atomic mass is 9.72. The Bertz CT molecular complexity index is 687. The van der Waals surface area contributed by atoms with E-state index in [0.29, 0.717) is 0 Å². The van der Waals surface area contributed by atoms with Crippen molar-refractivity contribution in [2.75, 3.05) is 6.61 Å². The van der Waals surface area contributed by atoms with Crippen molar-refractivity contribution in [1.82, 2.24) is 0 Å². The van der Waals surface area contributed by atoms with Crippen molar-refractivity contribution in [3.63, 3.8) is 0 Å². The van der Waals surface area contributed by atoms with Crippen LogP contribution in [0.5, 0.6) is 0 Å². The van der Waals surface area contributed by atoms with Crippen LogP contribution in [0.2, 0.25) is 0 Å². The second-order valence-corrected chi connectivity index (χ2v) is 7.00. The lowest BCUT2D eigenvalue weighted by Gasteiger charge is -2.32. The molecule has 0 saturated carbocycles. The largest absolute Gasteiger partial charge is 0.462 e. The number of rotatable bonds is 6. The van der Waals surface area contributed by atoms with Gasteiger partial charge < -0.3 is 4.74 Å². The number of hydrogen-bond acceptors (Lipinski definition) is 2. The number of ether oxygens (including phenoxy) is 1. The molecule has 0 fully saturated rings. The fourth-order valence-electron chi connectivity index (χ4n) is 2.90. The van der Waals surface area contributed by atoms with Crippen molar-refractivity contribution in [2.24, 2.45) is 5.41 Å². The molecule has 0 aromatic rings. The van der Waals surface area contributed by atoms with Crippen LogP contribution in [0.15, 0.2) is 58.7 Å². The third-order valence-electron chi connectivity index (χ3n) is 4.28. The first-order valence-electron chi connectivity index (χ1n) is 10.0. The minimum Gasteiger partial charge on any atom is -0.462 e. The molecule has 24 heavy (non-hydrogen) atoms. The summed E-state index contributed by atoms with van der Waals surface area (Å²) in [5.74, 6) is -0.434. The van der Waals surface area contributed by atoms with Gasteiger partial charge in [-0.2, -0.15) is 0 Å². The van der Waals surface area contributed by atoms with E-state index in [0.717, 1.165) is 12.0 Å². The molecule has 0 aromatic heterocycles. The molecule has 0 bridgehead atoms. The van der Waals surface area contributed by atoms with E-state index in [1.807, 2.05) is 13.0 Å². The first kappa shape index (κ1) is 15.7. The second-order valence-electron chi connectivity index (χ2n) is 7.00. The summed E-state index contributed by atoms with van der Waals surface area (Å²) in [5.41, 5.74) is 4.24. The summed E-state index contributed by atoms with van der Waals surface area (Å²) in [4.78, 5) is 10.8. The van der Waals surface area contributed by atoms with Crippen LogP contribution in [-0.4, -0.2) is 12.6 Å². The molecule has 1 aliphatic rings. The van der Waals surface area contributed by atoms with E-state index in [1.54, 1.807) is 12.2 Å². The van der Waals surface area contributed by atoms with Crippen LogP contribution in [0.3, 0.4) is 0 Å². The molecule has 132 valence electrons. The molecule has 0 N–H and O–H groups in total. The Morgan fingerprint density at radius 1 is 1.29 bits per heavy atom.